The molecular weight excluding hydrogens is 275 g/mol. The number of halogens is 1. The highest BCUT2D eigenvalue weighted by atomic mass is 19.1. The van der Waals surface area contributed by atoms with Gasteiger partial charge in [0.1, 0.15) is 5.82 Å². The van der Waals surface area contributed by atoms with Crippen LogP contribution < -0.4 is 0 Å². The molecule has 21 heavy (non-hydrogen) atoms. The number of fused-ring (bicyclic) bond motifs is 3. The van der Waals surface area contributed by atoms with Crippen LogP contribution in [0.3, 0.4) is 0 Å². The highest BCUT2D eigenvalue weighted by Crippen LogP contribution is 2.28. The lowest BCUT2D eigenvalue weighted by molar-refractivity contribution is -0.141. The molecule has 6 heteroatoms. The second-order valence-corrected chi connectivity index (χ2v) is 5.23. The Balaban J connectivity index is 1.84. The molecule has 1 aliphatic heterocycles. The van der Waals surface area contributed by atoms with Gasteiger partial charge >= 0.3 is 5.97 Å². The molecule has 1 aromatic heterocycles. The van der Waals surface area contributed by atoms with Crippen molar-refractivity contribution in [1.82, 2.24) is 9.88 Å². The number of carbonyl (C=O) groups is 2. The summed E-state index contributed by atoms with van der Waals surface area (Å²) in [6, 6.07) is 4.57. The number of hydrogen-bond donors (Lipinski definition) is 2. The van der Waals surface area contributed by atoms with E-state index in [1.54, 1.807) is 11.0 Å². The molecule has 0 radical (unpaired) electrons. The van der Waals surface area contributed by atoms with E-state index in [0.717, 1.165) is 22.2 Å². The van der Waals surface area contributed by atoms with Gasteiger partial charge in [0.05, 0.1) is 6.42 Å². The summed E-state index contributed by atoms with van der Waals surface area (Å²) in [7, 11) is 0. The zero-order chi connectivity index (χ0) is 15.0. The van der Waals surface area contributed by atoms with Crippen LogP contribution in [0.25, 0.3) is 10.9 Å². The number of nitrogens with zero attached hydrogens (tertiary/aromatic N) is 1. The number of H-pyrrole nitrogens is 1. The maximum atomic E-state index is 13.4. The quantitative estimate of drug-likeness (QED) is 0.908. The van der Waals surface area contributed by atoms with Crippen molar-refractivity contribution in [3.05, 3.63) is 35.3 Å². The predicted molar refractivity (Wildman–Crippen MR) is 74.2 cm³/mol. The number of rotatable bonds is 3. The van der Waals surface area contributed by atoms with Gasteiger partial charge in [0.25, 0.3) is 0 Å². The third-order valence-electron chi connectivity index (χ3n) is 3.84. The van der Waals surface area contributed by atoms with Crippen molar-refractivity contribution in [2.24, 2.45) is 0 Å². The van der Waals surface area contributed by atoms with Crippen LogP contribution in [-0.4, -0.2) is 33.4 Å². The molecule has 2 heterocycles. The number of hydrogen-bond acceptors (Lipinski definition) is 2. The van der Waals surface area contributed by atoms with Gasteiger partial charge in [0, 0.05) is 48.1 Å². The Hall–Kier alpha value is -2.37. The van der Waals surface area contributed by atoms with Crippen molar-refractivity contribution in [2.75, 3.05) is 6.54 Å². The first-order valence-corrected chi connectivity index (χ1v) is 6.83. The average molecular weight is 290 g/mol. The number of nitrogens with one attached hydrogen (secondary N) is 1. The predicted octanol–water partition coefficient (Wildman–Crippen LogP) is 2.06. The number of aromatic amines is 1. The highest BCUT2D eigenvalue weighted by molar-refractivity contribution is 5.86. The second-order valence-electron chi connectivity index (χ2n) is 5.23. The van der Waals surface area contributed by atoms with Crippen LogP contribution in [0.1, 0.15) is 24.1 Å². The van der Waals surface area contributed by atoms with Crippen LogP contribution in [0.15, 0.2) is 18.2 Å². The van der Waals surface area contributed by atoms with E-state index in [9.17, 15) is 14.0 Å². The molecule has 1 aromatic carbocycles. The van der Waals surface area contributed by atoms with Crippen molar-refractivity contribution >= 4 is 22.8 Å². The molecule has 3 rings (SSSR count). The molecule has 0 aliphatic carbocycles. The minimum Gasteiger partial charge on any atom is -0.481 e. The van der Waals surface area contributed by atoms with E-state index < -0.39 is 5.97 Å². The lowest BCUT2D eigenvalue weighted by Crippen LogP contribution is -2.35. The van der Waals surface area contributed by atoms with Crippen molar-refractivity contribution in [1.29, 1.82) is 0 Å². The van der Waals surface area contributed by atoms with Crippen LogP contribution in [0.2, 0.25) is 0 Å². The van der Waals surface area contributed by atoms with Crippen LogP contribution >= 0.6 is 0 Å². The summed E-state index contributed by atoms with van der Waals surface area (Å²) in [6.07, 6.45) is 0.510. The van der Waals surface area contributed by atoms with Gasteiger partial charge in [-0.1, -0.05) is 0 Å². The van der Waals surface area contributed by atoms with Gasteiger partial charge in [0.15, 0.2) is 0 Å². The fourth-order valence-electron chi connectivity index (χ4n) is 2.77. The summed E-state index contributed by atoms with van der Waals surface area (Å²) in [5.74, 6) is -1.46. The topological polar surface area (TPSA) is 73.4 Å². The standard InChI is InChI=1S/C15H15FN2O3/c16-9-1-2-12-10(7-9)11-8-18(6-5-13(11)17-12)14(19)3-4-15(20)21/h1-2,7,17H,3-6,8H2,(H,20,21). The van der Waals surface area contributed by atoms with Crippen LogP contribution in [-0.2, 0) is 22.6 Å². The summed E-state index contributed by atoms with van der Waals surface area (Å²) in [4.78, 5) is 27.5. The SMILES string of the molecule is O=C(O)CCC(=O)N1CCc2[nH]c3ccc(F)cc3c2C1. The van der Waals surface area contributed by atoms with E-state index in [2.05, 4.69) is 4.98 Å². The van der Waals surface area contributed by atoms with Gasteiger partial charge < -0.3 is 15.0 Å². The van der Waals surface area contributed by atoms with E-state index in [4.69, 9.17) is 5.11 Å². The third-order valence-corrected chi connectivity index (χ3v) is 3.84. The normalized spacial score (nSPS) is 14.2. The maximum Gasteiger partial charge on any atom is 0.303 e. The number of amides is 1. The van der Waals surface area contributed by atoms with E-state index in [-0.39, 0.29) is 24.6 Å². The summed E-state index contributed by atoms with van der Waals surface area (Å²) in [6.45, 7) is 0.956. The molecule has 0 saturated heterocycles. The molecule has 0 fully saturated rings. The van der Waals surface area contributed by atoms with E-state index in [0.29, 0.717) is 19.5 Å². The fourth-order valence-corrected chi connectivity index (χ4v) is 2.77. The Morgan fingerprint density at radius 1 is 1.33 bits per heavy atom. The molecule has 2 N–H and O–H groups in total. The first kappa shape index (κ1) is 13.6. The summed E-state index contributed by atoms with van der Waals surface area (Å²) >= 11 is 0. The largest absolute Gasteiger partial charge is 0.481 e. The molecule has 0 atom stereocenters. The summed E-state index contributed by atoms with van der Waals surface area (Å²) < 4.78 is 13.4. The van der Waals surface area contributed by atoms with Gasteiger partial charge in [-0.2, -0.15) is 0 Å². The summed E-state index contributed by atoms with van der Waals surface area (Å²) in [5.41, 5.74) is 2.82. The smallest absolute Gasteiger partial charge is 0.303 e. The molecule has 0 saturated carbocycles. The first-order chi connectivity index (χ1) is 10.0. The zero-order valence-electron chi connectivity index (χ0n) is 11.4. The monoisotopic (exact) mass is 290 g/mol. The van der Waals surface area contributed by atoms with Crippen LogP contribution in [0.5, 0.6) is 0 Å². The lowest BCUT2D eigenvalue weighted by atomic mass is 10.0. The lowest BCUT2D eigenvalue weighted by Gasteiger charge is -2.27. The van der Waals surface area contributed by atoms with Crippen LogP contribution in [0.4, 0.5) is 4.39 Å². The molecular formula is C15H15FN2O3. The minimum atomic E-state index is -0.977. The van der Waals surface area contributed by atoms with Gasteiger partial charge in [-0.25, -0.2) is 4.39 Å². The van der Waals surface area contributed by atoms with Crippen molar-refractivity contribution < 1.29 is 19.1 Å². The fraction of sp³-hybridized carbons (Fsp3) is 0.333. The Labute approximate surface area is 120 Å². The molecule has 1 amide bonds. The summed E-state index contributed by atoms with van der Waals surface area (Å²) in [5, 5.41) is 9.43. The molecule has 2 aromatic rings. The third kappa shape index (κ3) is 2.61. The minimum absolute atomic E-state index is 0.00137. The van der Waals surface area contributed by atoms with E-state index >= 15 is 0 Å². The van der Waals surface area contributed by atoms with Gasteiger partial charge in [-0.15, -0.1) is 0 Å². The number of carboxylic acids is 1. The van der Waals surface area contributed by atoms with Gasteiger partial charge in [-0.05, 0) is 18.2 Å². The molecule has 110 valence electrons. The Morgan fingerprint density at radius 3 is 2.90 bits per heavy atom. The second kappa shape index (κ2) is 5.20. The van der Waals surface area contributed by atoms with E-state index in [1.165, 1.54) is 12.1 Å². The molecule has 1 aliphatic rings. The van der Waals surface area contributed by atoms with Crippen molar-refractivity contribution in [2.45, 2.75) is 25.8 Å². The molecule has 5 nitrogen and oxygen atoms in total. The number of aliphatic carboxylic acids is 1. The van der Waals surface area contributed by atoms with Crippen LogP contribution in [0, 0.1) is 5.82 Å². The number of carboxylic acid groups (broad SMARTS) is 1. The van der Waals surface area contributed by atoms with Gasteiger partial charge in [-0.3, -0.25) is 9.59 Å². The number of carbonyl (C=O) groups excluding carboxylic acids is 1. The first-order valence-electron chi connectivity index (χ1n) is 6.83. The average Bonchev–Trinajstić information content (AvgIpc) is 2.81. The van der Waals surface area contributed by atoms with Crippen molar-refractivity contribution in [3.8, 4) is 0 Å². The molecule has 0 unspecified atom stereocenters. The number of benzene rings is 1. The molecule has 0 spiro atoms. The Morgan fingerprint density at radius 2 is 2.14 bits per heavy atom. The number of aromatic nitrogens is 1. The Bertz CT molecular complexity index is 723. The van der Waals surface area contributed by atoms with Gasteiger partial charge in [0.2, 0.25) is 5.91 Å². The van der Waals surface area contributed by atoms with Crippen molar-refractivity contribution in [3.63, 3.8) is 0 Å². The zero-order valence-corrected chi connectivity index (χ0v) is 11.4. The Kier molecular flexibility index (Phi) is 3.37. The highest BCUT2D eigenvalue weighted by Gasteiger charge is 2.24. The maximum absolute atomic E-state index is 13.4. The molecule has 0 bridgehead atoms. The van der Waals surface area contributed by atoms with E-state index in [1.807, 2.05) is 0 Å².